The molecule has 0 aromatic carbocycles. The molecule has 1 aromatic rings. The average molecular weight is 309 g/mol. The highest BCUT2D eigenvalue weighted by Gasteiger charge is 2.19. The highest BCUT2D eigenvalue weighted by molar-refractivity contribution is 9.10. The largest absolute Gasteiger partial charge is 0.461 e. The lowest BCUT2D eigenvalue weighted by Crippen LogP contribution is -2.13. The van der Waals surface area contributed by atoms with Crippen molar-refractivity contribution in [3.8, 4) is 0 Å². The first-order valence-electron chi connectivity index (χ1n) is 4.26. The van der Waals surface area contributed by atoms with Crippen LogP contribution >= 0.6 is 15.9 Å². The summed E-state index contributed by atoms with van der Waals surface area (Å²) in [4.78, 5) is 18.6. The van der Waals surface area contributed by atoms with Gasteiger partial charge in [0, 0.05) is 12.5 Å². The Morgan fingerprint density at radius 1 is 1.56 bits per heavy atom. The molecule has 0 aliphatic heterocycles. The van der Waals surface area contributed by atoms with Gasteiger partial charge in [0.15, 0.2) is 5.69 Å². The molecule has 0 amide bonds. The molecular formula is C8H9BrN2O4S. The zero-order chi connectivity index (χ0) is 12.3. The quantitative estimate of drug-likeness (QED) is 0.607. The molecule has 16 heavy (non-hydrogen) atoms. The van der Waals surface area contributed by atoms with Crippen LogP contribution in [0.5, 0.6) is 0 Å². The fraction of sp³-hybridized carbons (Fsp3) is 0.375. The summed E-state index contributed by atoms with van der Waals surface area (Å²) in [6.45, 7) is 1.83. The van der Waals surface area contributed by atoms with E-state index >= 15 is 0 Å². The lowest BCUT2D eigenvalue weighted by atomic mass is 10.4. The summed E-state index contributed by atoms with van der Waals surface area (Å²) < 4.78 is 27.4. The van der Waals surface area contributed by atoms with Crippen molar-refractivity contribution in [1.82, 2.24) is 9.97 Å². The van der Waals surface area contributed by atoms with E-state index in [4.69, 9.17) is 4.74 Å². The molecule has 6 nitrogen and oxygen atoms in total. The van der Waals surface area contributed by atoms with Crippen molar-refractivity contribution in [2.24, 2.45) is 0 Å². The molecule has 1 rings (SSSR count). The molecule has 0 fully saturated rings. The Morgan fingerprint density at radius 2 is 2.19 bits per heavy atom. The van der Waals surface area contributed by atoms with E-state index in [1.807, 2.05) is 0 Å². The van der Waals surface area contributed by atoms with Gasteiger partial charge in [-0.1, -0.05) is 0 Å². The zero-order valence-corrected chi connectivity index (χ0v) is 11.0. The first-order chi connectivity index (χ1) is 7.36. The van der Waals surface area contributed by atoms with Crippen LogP contribution in [0.15, 0.2) is 15.8 Å². The van der Waals surface area contributed by atoms with Crippen molar-refractivity contribution in [2.45, 2.75) is 12.1 Å². The van der Waals surface area contributed by atoms with Crippen LogP contribution < -0.4 is 0 Å². The van der Waals surface area contributed by atoms with Crippen LogP contribution in [0.3, 0.4) is 0 Å². The van der Waals surface area contributed by atoms with Crippen molar-refractivity contribution >= 4 is 31.7 Å². The van der Waals surface area contributed by atoms with Crippen LogP contribution in [-0.4, -0.2) is 37.2 Å². The van der Waals surface area contributed by atoms with Crippen molar-refractivity contribution in [3.05, 3.63) is 16.4 Å². The van der Waals surface area contributed by atoms with Crippen LogP contribution in [0.4, 0.5) is 0 Å². The highest BCUT2D eigenvalue weighted by atomic mass is 79.9. The summed E-state index contributed by atoms with van der Waals surface area (Å²) >= 11 is 3.05. The van der Waals surface area contributed by atoms with E-state index < -0.39 is 21.0 Å². The molecular weight excluding hydrogens is 300 g/mol. The molecule has 0 N–H and O–H groups in total. The predicted octanol–water partition coefficient (Wildman–Crippen LogP) is 0.819. The highest BCUT2D eigenvalue weighted by Crippen LogP contribution is 2.16. The van der Waals surface area contributed by atoms with E-state index in [0.29, 0.717) is 4.47 Å². The maximum absolute atomic E-state index is 11.4. The maximum Gasteiger partial charge on any atom is 0.358 e. The van der Waals surface area contributed by atoms with Crippen LogP contribution in [0.1, 0.15) is 17.4 Å². The summed E-state index contributed by atoms with van der Waals surface area (Å²) in [6, 6.07) is 0. The van der Waals surface area contributed by atoms with Crippen LogP contribution in [0.2, 0.25) is 0 Å². The first kappa shape index (κ1) is 13.0. The Labute approximate surface area is 101 Å². The third-order valence-electron chi connectivity index (χ3n) is 1.52. The molecule has 0 saturated carbocycles. The number of ether oxygens (including phenoxy) is 1. The minimum absolute atomic E-state index is 0.0997. The number of carbonyl (C=O) groups excluding carboxylic acids is 1. The molecule has 0 spiro atoms. The molecule has 1 heterocycles. The molecule has 0 aliphatic carbocycles. The number of hydrogen-bond acceptors (Lipinski definition) is 6. The number of esters is 1. The van der Waals surface area contributed by atoms with Gasteiger partial charge in [0.1, 0.15) is 0 Å². The topological polar surface area (TPSA) is 86.2 Å². The molecule has 0 radical (unpaired) electrons. The molecule has 8 heteroatoms. The number of halogens is 1. The van der Waals surface area contributed by atoms with Gasteiger partial charge in [-0.25, -0.2) is 23.2 Å². The molecule has 0 aliphatic rings. The summed E-state index contributed by atoms with van der Waals surface area (Å²) in [5.41, 5.74) is -0.0997. The van der Waals surface area contributed by atoms with Crippen molar-refractivity contribution in [3.63, 3.8) is 0 Å². The number of nitrogens with zero attached hydrogens (tertiary/aromatic N) is 2. The summed E-state index contributed by atoms with van der Waals surface area (Å²) in [5.74, 6) is -0.693. The van der Waals surface area contributed by atoms with E-state index in [-0.39, 0.29) is 12.3 Å². The lowest BCUT2D eigenvalue weighted by Gasteiger charge is -2.04. The van der Waals surface area contributed by atoms with Crippen molar-refractivity contribution in [1.29, 1.82) is 0 Å². The number of rotatable bonds is 3. The van der Waals surface area contributed by atoms with Gasteiger partial charge >= 0.3 is 5.97 Å². The van der Waals surface area contributed by atoms with E-state index in [9.17, 15) is 13.2 Å². The Kier molecular flexibility index (Phi) is 3.98. The molecule has 0 atom stereocenters. The third-order valence-corrected chi connectivity index (χ3v) is 2.96. The second-order valence-corrected chi connectivity index (χ2v) is 5.61. The normalized spacial score (nSPS) is 11.2. The zero-order valence-electron chi connectivity index (χ0n) is 8.60. The molecule has 1 aromatic heterocycles. The fourth-order valence-electron chi connectivity index (χ4n) is 0.872. The van der Waals surface area contributed by atoms with Crippen LogP contribution in [-0.2, 0) is 14.6 Å². The first-order valence-corrected chi connectivity index (χ1v) is 6.94. The minimum atomic E-state index is -3.54. The lowest BCUT2D eigenvalue weighted by molar-refractivity contribution is 0.0517. The Bertz CT molecular complexity index is 515. The minimum Gasteiger partial charge on any atom is -0.461 e. The van der Waals surface area contributed by atoms with Crippen LogP contribution in [0, 0.1) is 0 Å². The third kappa shape index (κ3) is 2.99. The SMILES string of the molecule is CCOC(=O)c1nc(S(C)(=O)=O)ncc1Br. The average Bonchev–Trinajstić information content (AvgIpc) is 2.16. The fourth-order valence-corrected chi connectivity index (χ4v) is 1.73. The molecule has 0 unspecified atom stereocenters. The summed E-state index contributed by atoms with van der Waals surface area (Å²) in [6.07, 6.45) is 2.17. The predicted molar refractivity (Wildman–Crippen MR) is 58.8 cm³/mol. The van der Waals surface area contributed by atoms with Gasteiger partial charge in [0.05, 0.1) is 11.1 Å². The van der Waals surface area contributed by atoms with E-state index in [2.05, 4.69) is 25.9 Å². The number of carbonyl (C=O) groups is 1. The molecule has 0 saturated heterocycles. The smallest absolute Gasteiger partial charge is 0.358 e. The van der Waals surface area contributed by atoms with Gasteiger partial charge in [-0.2, -0.15) is 0 Å². The van der Waals surface area contributed by atoms with Crippen molar-refractivity contribution in [2.75, 3.05) is 12.9 Å². The Hall–Kier alpha value is -1.02. The van der Waals surface area contributed by atoms with Gasteiger partial charge in [-0.15, -0.1) is 0 Å². The van der Waals surface area contributed by atoms with Gasteiger partial charge in [0.2, 0.25) is 15.0 Å². The van der Waals surface area contributed by atoms with E-state index in [1.54, 1.807) is 6.92 Å². The van der Waals surface area contributed by atoms with E-state index in [0.717, 1.165) is 6.26 Å². The van der Waals surface area contributed by atoms with E-state index in [1.165, 1.54) is 6.20 Å². The van der Waals surface area contributed by atoms with Gasteiger partial charge in [-0.05, 0) is 22.9 Å². The Balaban J connectivity index is 3.24. The monoisotopic (exact) mass is 308 g/mol. The summed E-state index contributed by atoms with van der Waals surface area (Å²) in [5, 5.41) is -0.404. The van der Waals surface area contributed by atoms with Gasteiger partial charge in [0.25, 0.3) is 0 Å². The standard InChI is InChI=1S/C8H9BrN2O4S/c1-3-15-7(12)6-5(9)4-10-8(11-6)16(2,13)14/h4H,3H2,1-2H3. The molecule has 88 valence electrons. The Morgan fingerprint density at radius 3 is 2.69 bits per heavy atom. The second-order valence-electron chi connectivity index (χ2n) is 2.84. The van der Waals surface area contributed by atoms with Crippen molar-refractivity contribution < 1.29 is 17.9 Å². The second kappa shape index (κ2) is 4.88. The number of hydrogen-bond donors (Lipinski definition) is 0. The maximum atomic E-state index is 11.4. The number of aromatic nitrogens is 2. The van der Waals surface area contributed by atoms with Gasteiger partial charge in [-0.3, -0.25) is 0 Å². The number of sulfone groups is 1. The summed E-state index contributed by atoms with van der Waals surface area (Å²) in [7, 11) is -3.54. The molecule has 0 bridgehead atoms. The van der Waals surface area contributed by atoms with Gasteiger partial charge < -0.3 is 4.74 Å². The van der Waals surface area contributed by atoms with Crippen LogP contribution in [0.25, 0.3) is 0 Å².